The smallest absolute Gasteiger partial charge is 0.273 e. The van der Waals surface area contributed by atoms with Gasteiger partial charge in [0.2, 0.25) is 0 Å². The fraction of sp³-hybridized carbons (Fsp3) is 0.0455. The summed E-state index contributed by atoms with van der Waals surface area (Å²) < 4.78 is 28.0. The van der Waals surface area contributed by atoms with Gasteiger partial charge in [0.05, 0.1) is 11.1 Å². The summed E-state index contributed by atoms with van der Waals surface area (Å²) in [5.74, 6) is -2.33. The van der Waals surface area contributed by atoms with Crippen molar-refractivity contribution in [1.29, 1.82) is 0 Å². The number of halogens is 2. The van der Waals surface area contributed by atoms with Crippen molar-refractivity contribution in [1.82, 2.24) is 9.55 Å². The van der Waals surface area contributed by atoms with Gasteiger partial charge in [-0.3, -0.25) is 14.2 Å². The first-order chi connectivity index (χ1) is 14.4. The number of pyridine rings is 2. The first-order valence-electron chi connectivity index (χ1n) is 8.93. The molecule has 0 spiro atoms. The van der Waals surface area contributed by atoms with Crippen LogP contribution in [-0.2, 0) is 0 Å². The predicted molar refractivity (Wildman–Crippen MR) is 108 cm³/mol. The summed E-state index contributed by atoms with van der Waals surface area (Å²) in [6.45, 7) is 1.53. The first-order valence-corrected chi connectivity index (χ1v) is 8.93. The number of fused-ring (bicyclic) bond motifs is 1. The van der Waals surface area contributed by atoms with Crippen molar-refractivity contribution >= 4 is 22.6 Å². The quantitative estimate of drug-likeness (QED) is 0.539. The molecule has 150 valence electrons. The molecule has 2 heterocycles. The van der Waals surface area contributed by atoms with E-state index in [1.807, 2.05) is 0 Å². The van der Waals surface area contributed by atoms with E-state index in [0.29, 0.717) is 5.56 Å². The molecule has 0 aliphatic rings. The highest BCUT2D eigenvalue weighted by Crippen LogP contribution is 2.27. The molecular weight excluding hydrogens is 392 g/mol. The second-order valence-electron chi connectivity index (χ2n) is 6.63. The fourth-order valence-electron chi connectivity index (χ4n) is 3.15. The minimum absolute atomic E-state index is 0.112. The highest BCUT2D eigenvalue weighted by Gasteiger charge is 2.24. The van der Waals surface area contributed by atoms with Crippen LogP contribution in [0.3, 0.4) is 0 Å². The molecule has 0 saturated heterocycles. The minimum atomic E-state index is -0.870. The lowest BCUT2D eigenvalue weighted by molar-refractivity contribution is 0.102. The highest BCUT2D eigenvalue weighted by atomic mass is 19.1. The Kier molecular flexibility index (Phi) is 4.75. The lowest BCUT2D eigenvalue weighted by atomic mass is 10.1. The summed E-state index contributed by atoms with van der Waals surface area (Å²) in [4.78, 5) is 30.2. The maximum absolute atomic E-state index is 13.5. The van der Waals surface area contributed by atoms with Crippen LogP contribution in [0, 0.1) is 18.6 Å². The molecule has 1 amide bonds. The molecule has 2 aromatic heterocycles. The zero-order valence-electron chi connectivity index (χ0n) is 15.7. The lowest BCUT2D eigenvalue weighted by Gasteiger charge is -2.14. The third-order valence-corrected chi connectivity index (χ3v) is 4.64. The Morgan fingerprint density at radius 3 is 2.53 bits per heavy atom. The number of hydrogen-bond acceptors (Lipinski definition) is 4. The number of rotatable bonds is 3. The maximum atomic E-state index is 13.5. The summed E-state index contributed by atoms with van der Waals surface area (Å²) in [6, 6.07) is 12.1. The lowest BCUT2D eigenvalue weighted by Crippen LogP contribution is -2.29. The number of amides is 1. The second kappa shape index (κ2) is 7.40. The summed E-state index contributed by atoms with van der Waals surface area (Å²) in [5.41, 5.74) is -0.387. The van der Waals surface area contributed by atoms with E-state index in [1.54, 1.807) is 6.07 Å². The molecule has 0 radical (unpaired) electrons. The van der Waals surface area contributed by atoms with Gasteiger partial charge in [0.25, 0.3) is 11.5 Å². The zero-order chi connectivity index (χ0) is 21.4. The van der Waals surface area contributed by atoms with Crippen molar-refractivity contribution in [2.45, 2.75) is 6.92 Å². The molecule has 0 bridgehead atoms. The summed E-state index contributed by atoms with van der Waals surface area (Å²) >= 11 is 0. The standard InChI is InChI=1S/C22H15F2N3O3/c1-12-11-14(6-9-17(12)24)26-21(29)18-19(28)16-3-2-10-25-20(16)27(22(18)30)15-7-4-13(23)5-8-15/h2-11,28H,1H3,(H,26,29). The number of anilines is 1. The monoisotopic (exact) mass is 407 g/mol. The normalized spacial score (nSPS) is 10.9. The third kappa shape index (κ3) is 3.28. The molecule has 0 aliphatic heterocycles. The van der Waals surface area contributed by atoms with Crippen LogP contribution < -0.4 is 10.9 Å². The number of carbonyl (C=O) groups excluding carboxylic acids is 1. The van der Waals surface area contributed by atoms with Gasteiger partial charge in [-0.05, 0) is 67.1 Å². The summed E-state index contributed by atoms with van der Waals surface area (Å²) in [5, 5.41) is 13.3. The number of nitrogens with zero attached hydrogens (tertiary/aromatic N) is 2. The molecule has 2 N–H and O–H groups in total. The topological polar surface area (TPSA) is 84.2 Å². The van der Waals surface area contributed by atoms with Crippen LogP contribution in [0.4, 0.5) is 14.5 Å². The minimum Gasteiger partial charge on any atom is -0.506 e. The number of benzene rings is 2. The Hall–Kier alpha value is -4.07. The molecule has 0 atom stereocenters. The van der Waals surface area contributed by atoms with Gasteiger partial charge in [0.1, 0.15) is 22.9 Å². The summed E-state index contributed by atoms with van der Waals surface area (Å²) in [7, 11) is 0. The zero-order valence-corrected chi connectivity index (χ0v) is 15.7. The average molecular weight is 407 g/mol. The second-order valence-corrected chi connectivity index (χ2v) is 6.63. The Balaban J connectivity index is 1.91. The fourth-order valence-corrected chi connectivity index (χ4v) is 3.15. The van der Waals surface area contributed by atoms with Gasteiger partial charge < -0.3 is 10.4 Å². The number of aromatic nitrogens is 2. The average Bonchev–Trinajstić information content (AvgIpc) is 2.72. The molecule has 0 aliphatic carbocycles. The van der Waals surface area contributed by atoms with Crippen molar-refractivity contribution in [2.24, 2.45) is 0 Å². The van der Waals surface area contributed by atoms with Crippen LogP contribution >= 0.6 is 0 Å². The van der Waals surface area contributed by atoms with E-state index >= 15 is 0 Å². The van der Waals surface area contributed by atoms with E-state index in [-0.39, 0.29) is 22.4 Å². The highest BCUT2D eigenvalue weighted by molar-refractivity contribution is 6.09. The SMILES string of the molecule is Cc1cc(NC(=O)c2c(O)c3cccnc3n(-c3ccc(F)cc3)c2=O)ccc1F. The maximum Gasteiger partial charge on any atom is 0.273 e. The largest absolute Gasteiger partial charge is 0.506 e. The van der Waals surface area contributed by atoms with Crippen LogP contribution in [0.5, 0.6) is 5.75 Å². The number of carbonyl (C=O) groups is 1. The Bertz CT molecular complexity index is 1350. The summed E-state index contributed by atoms with van der Waals surface area (Å²) in [6.07, 6.45) is 1.43. The van der Waals surface area contributed by atoms with E-state index in [1.165, 1.54) is 61.7 Å². The first kappa shape index (κ1) is 19.3. The van der Waals surface area contributed by atoms with E-state index in [4.69, 9.17) is 0 Å². The van der Waals surface area contributed by atoms with Gasteiger partial charge in [0.15, 0.2) is 5.65 Å². The van der Waals surface area contributed by atoms with Crippen molar-refractivity contribution in [3.63, 3.8) is 0 Å². The van der Waals surface area contributed by atoms with Crippen LogP contribution in [-0.4, -0.2) is 20.6 Å². The number of aryl methyl sites for hydroxylation is 1. The van der Waals surface area contributed by atoms with E-state index in [9.17, 15) is 23.5 Å². The van der Waals surface area contributed by atoms with Crippen molar-refractivity contribution in [3.05, 3.63) is 93.9 Å². The van der Waals surface area contributed by atoms with Gasteiger partial charge in [-0.2, -0.15) is 0 Å². The van der Waals surface area contributed by atoms with Gasteiger partial charge in [-0.1, -0.05) is 0 Å². The molecule has 8 heteroatoms. The Morgan fingerprint density at radius 2 is 1.83 bits per heavy atom. The van der Waals surface area contributed by atoms with Crippen LogP contribution in [0.25, 0.3) is 16.7 Å². The van der Waals surface area contributed by atoms with Crippen molar-refractivity contribution < 1.29 is 18.7 Å². The van der Waals surface area contributed by atoms with E-state index < -0.39 is 34.4 Å². The van der Waals surface area contributed by atoms with E-state index in [0.717, 1.165) is 4.57 Å². The molecular formula is C22H15F2N3O3. The molecule has 30 heavy (non-hydrogen) atoms. The molecule has 2 aromatic carbocycles. The van der Waals surface area contributed by atoms with Gasteiger partial charge in [0, 0.05) is 11.9 Å². The molecule has 0 fully saturated rings. The Morgan fingerprint density at radius 1 is 1.10 bits per heavy atom. The molecule has 0 unspecified atom stereocenters. The van der Waals surface area contributed by atoms with Gasteiger partial charge >= 0.3 is 0 Å². The van der Waals surface area contributed by atoms with Crippen molar-refractivity contribution in [3.8, 4) is 11.4 Å². The Labute approximate surface area is 169 Å². The van der Waals surface area contributed by atoms with Gasteiger partial charge in [-0.15, -0.1) is 0 Å². The number of hydrogen-bond donors (Lipinski definition) is 2. The molecule has 0 saturated carbocycles. The molecule has 4 aromatic rings. The molecule has 6 nitrogen and oxygen atoms in total. The number of nitrogens with one attached hydrogen (secondary N) is 1. The van der Waals surface area contributed by atoms with Gasteiger partial charge in [-0.25, -0.2) is 13.8 Å². The third-order valence-electron chi connectivity index (χ3n) is 4.64. The molecule has 4 rings (SSSR count). The van der Waals surface area contributed by atoms with Crippen LogP contribution in [0.2, 0.25) is 0 Å². The predicted octanol–water partition coefficient (Wildman–Crippen LogP) is 3.93. The van der Waals surface area contributed by atoms with Crippen LogP contribution in [0.15, 0.2) is 65.6 Å². The van der Waals surface area contributed by atoms with E-state index in [2.05, 4.69) is 10.3 Å². The van der Waals surface area contributed by atoms with Crippen LogP contribution in [0.1, 0.15) is 15.9 Å². The van der Waals surface area contributed by atoms with Crippen molar-refractivity contribution in [2.75, 3.05) is 5.32 Å². The number of aromatic hydroxyl groups is 1.